The molecule has 1 saturated heterocycles. The van der Waals surface area contributed by atoms with Crippen LogP contribution in [0.3, 0.4) is 0 Å². The Bertz CT molecular complexity index is 2630. The average Bonchev–Trinajstić information content (AvgIpc) is 3.32. The second-order valence-corrected chi connectivity index (χ2v) is 17.0. The molecule has 0 spiro atoms. The lowest BCUT2D eigenvalue weighted by atomic mass is 9.88. The third-order valence-corrected chi connectivity index (χ3v) is 11.6. The van der Waals surface area contributed by atoms with Crippen LogP contribution in [0.2, 0.25) is 0 Å². The van der Waals surface area contributed by atoms with Gasteiger partial charge >= 0.3 is 0 Å². The Morgan fingerprint density at radius 2 is 1.52 bits per heavy atom. The number of hydrogen-bond donors (Lipinski definition) is 1. The second-order valence-electron chi connectivity index (χ2n) is 17.0. The quantitative estimate of drug-likeness (QED) is 0.159. The number of carbonyl (C=O) groups excluding carboxylic acids is 2. The van der Waals surface area contributed by atoms with Gasteiger partial charge in [0, 0.05) is 103 Å². The molecule has 0 aliphatic carbocycles. The summed E-state index contributed by atoms with van der Waals surface area (Å²) in [5.41, 5.74) is 12.2. The van der Waals surface area contributed by atoms with Crippen LogP contribution in [0.5, 0.6) is 0 Å². The molecule has 0 bridgehead atoms. The largest absolute Gasteiger partial charge is 0.378 e. The lowest BCUT2D eigenvalue weighted by molar-refractivity contribution is 0.0302. The zero-order valence-electron chi connectivity index (χ0n) is 40.9. The van der Waals surface area contributed by atoms with Gasteiger partial charge in [-0.05, 0) is 98.3 Å². The van der Waals surface area contributed by atoms with E-state index in [-0.39, 0.29) is 22.8 Å². The van der Waals surface area contributed by atoms with Crippen LogP contribution in [0.15, 0.2) is 109 Å². The van der Waals surface area contributed by atoms with Gasteiger partial charge in [-0.3, -0.25) is 24.4 Å². The molecule has 3 aliphatic rings. The average molecular weight is 893 g/mol. The van der Waals surface area contributed by atoms with E-state index in [2.05, 4.69) is 71.2 Å². The molecule has 12 heteroatoms. The van der Waals surface area contributed by atoms with Crippen LogP contribution >= 0.6 is 0 Å². The minimum Gasteiger partial charge on any atom is -0.378 e. The maximum Gasteiger partial charge on any atom is 0.274 e. The molecule has 5 aromatic rings. The molecule has 8 rings (SSSR count). The molecule has 66 heavy (non-hydrogen) atoms. The molecule has 0 radical (unpaired) electrons. The third kappa shape index (κ3) is 11.4. The van der Waals surface area contributed by atoms with Gasteiger partial charge < -0.3 is 29.3 Å². The van der Waals surface area contributed by atoms with E-state index in [1.165, 1.54) is 16.3 Å². The number of nitrogens with zero attached hydrogens (tertiary/aromatic N) is 7. The molecule has 0 unspecified atom stereocenters. The lowest BCUT2D eigenvalue weighted by Gasteiger charge is -2.32. The highest BCUT2D eigenvalue weighted by atomic mass is 16.5. The summed E-state index contributed by atoms with van der Waals surface area (Å²) in [6.07, 6.45) is 12.7. The van der Waals surface area contributed by atoms with Crippen LogP contribution in [0.25, 0.3) is 16.8 Å². The summed E-state index contributed by atoms with van der Waals surface area (Å²) < 4.78 is 6.87. The van der Waals surface area contributed by atoms with Gasteiger partial charge in [-0.2, -0.15) is 0 Å². The molecule has 12 nitrogen and oxygen atoms in total. The van der Waals surface area contributed by atoms with E-state index >= 15 is 0 Å². The van der Waals surface area contributed by atoms with Gasteiger partial charge in [0.1, 0.15) is 11.5 Å². The smallest absolute Gasteiger partial charge is 0.274 e. The minimum atomic E-state index is -0.215. The Morgan fingerprint density at radius 3 is 2.18 bits per heavy atom. The van der Waals surface area contributed by atoms with Gasteiger partial charge in [-0.1, -0.05) is 79.8 Å². The summed E-state index contributed by atoms with van der Waals surface area (Å²) in [4.78, 5) is 58.7. The van der Waals surface area contributed by atoms with Crippen LogP contribution in [-0.2, 0) is 30.0 Å². The van der Waals surface area contributed by atoms with Gasteiger partial charge in [-0.15, -0.1) is 0 Å². The number of anilines is 3. The standard InChI is InChI=1S/C35H38N6O4.C15H18N2.2C2H6/c1-22-26(7-6-8-29(22)41-12-11-23-18-30(35(2,3)4)36-20-27(23)33(41)43)25-17-28(34(44)39(5)21-25)38-31-10-9-24(19-37-31)32(42)40-13-15-45-16-14-40;1-5-6-12(3)17-8-7-14-9-11(2)16-10-15(14)13(17)4;2*1-2/h6-10,17-21H,11-16H2,1-5H3,(H,37,38);5-6,9-10H,3-4,7-8H2,1-2H3;2*1-2H3/b;6-5-;;. The lowest BCUT2D eigenvalue weighted by Crippen LogP contribution is -2.40. The summed E-state index contributed by atoms with van der Waals surface area (Å²) in [7, 11) is 1.71. The number of benzene rings is 1. The number of ether oxygens (including phenoxy) is 1. The first-order chi connectivity index (χ1) is 31.6. The molecule has 4 aromatic heterocycles. The number of hydrogen-bond acceptors (Lipinski definition) is 9. The zero-order valence-corrected chi connectivity index (χ0v) is 40.9. The van der Waals surface area contributed by atoms with Crippen LogP contribution in [0.1, 0.15) is 110 Å². The normalized spacial score (nSPS) is 14.4. The van der Waals surface area contributed by atoms with E-state index in [9.17, 15) is 14.4 Å². The van der Waals surface area contributed by atoms with E-state index < -0.39 is 0 Å². The van der Waals surface area contributed by atoms with Crippen molar-refractivity contribution in [2.45, 2.75) is 87.5 Å². The van der Waals surface area contributed by atoms with Crippen molar-refractivity contribution in [2.75, 3.05) is 49.6 Å². The molecule has 1 fully saturated rings. The number of allylic oxidation sites excluding steroid dienone is 2. The summed E-state index contributed by atoms with van der Waals surface area (Å²) in [6, 6.07) is 15.3. The fourth-order valence-electron chi connectivity index (χ4n) is 8.07. The molecular weight excluding hydrogens is 825 g/mol. The van der Waals surface area contributed by atoms with E-state index in [4.69, 9.17) is 4.74 Å². The summed E-state index contributed by atoms with van der Waals surface area (Å²) in [5, 5.41) is 3.14. The van der Waals surface area contributed by atoms with Crippen molar-refractivity contribution in [1.29, 1.82) is 0 Å². The first kappa shape index (κ1) is 50.3. The number of aromatic nitrogens is 4. The molecule has 3 aliphatic heterocycles. The van der Waals surface area contributed by atoms with E-state index in [0.717, 1.165) is 75.7 Å². The van der Waals surface area contributed by atoms with E-state index in [1.54, 1.807) is 42.5 Å². The van der Waals surface area contributed by atoms with Crippen molar-refractivity contribution in [2.24, 2.45) is 7.05 Å². The number of carbonyl (C=O) groups is 2. The van der Waals surface area contributed by atoms with E-state index in [1.807, 2.05) is 89.9 Å². The number of pyridine rings is 4. The number of amides is 2. The fourth-order valence-corrected chi connectivity index (χ4v) is 8.07. The Morgan fingerprint density at radius 1 is 0.833 bits per heavy atom. The molecule has 348 valence electrons. The zero-order chi connectivity index (χ0) is 48.3. The highest BCUT2D eigenvalue weighted by Gasteiger charge is 2.29. The number of rotatable bonds is 7. The summed E-state index contributed by atoms with van der Waals surface area (Å²) in [5.74, 6) is 0.301. The topological polar surface area (TPSA) is 126 Å². The van der Waals surface area contributed by atoms with Gasteiger partial charge in [0.25, 0.3) is 17.4 Å². The summed E-state index contributed by atoms with van der Waals surface area (Å²) >= 11 is 0. The van der Waals surface area contributed by atoms with Crippen LogP contribution in [0, 0.1) is 13.8 Å². The second kappa shape index (κ2) is 22.5. The SMILES string of the molecule is C=C(/C=C\C)N1CCc2cc(C)ncc2C1=C.CC.CC.Cc1c(-c2cc(Nc3ccc(C(=O)N4CCOCC4)cn3)c(=O)n(C)c2)cccc1N1CCc2cc(C(C)(C)C)ncc2C1=O. The van der Waals surface area contributed by atoms with Crippen molar-refractivity contribution < 1.29 is 14.3 Å². The van der Waals surface area contributed by atoms with Gasteiger partial charge in [0.05, 0.1) is 24.3 Å². The maximum atomic E-state index is 13.7. The van der Waals surface area contributed by atoms with Crippen molar-refractivity contribution in [3.8, 4) is 11.1 Å². The van der Waals surface area contributed by atoms with Crippen molar-refractivity contribution >= 4 is 34.7 Å². The molecule has 0 atom stereocenters. The molecule has 2 amide bonds. The first-order valence-electron chi connectivity index (χ1n) is 23.1. The number of fused-ring (bicyclic) bond motifs is 2. The monoisotopic (exact) mass is 893 g/mol. The molecule has 0 saturated carbocycles. The first-order valence-corrected chi connectivity index (χ1v) is 23.1. The van der Waals surface area contributed by atoms with Crippen LogP contribution in [-0.4, -0.2) is 80.5 Å². The molecule has 7 heterocycles. The Balaban J connectivity index is 0.000000324. The maximum absolute atomic E-state index is 13.7. The molecular formula is C54H68N8O4. The fraction of sp³-hybridized carbons (Fsp3) is 0.370. The van der Waals surface area contributed by atoms with Gasteiger partial charge in [0.15, 0.2) is 0 Å². The van der Waals surface area contributed by atoms with Gasteiger partial charge in [0.2, 0.25) is 0 Å². The Hall–Kier alpha value is -6.66. The predicted octanol–water partition coefficient (Wildman–Crippen LogP) is 10.2. The molecule has 1 aromatic carbocycles. The highest BCUT2D eigenvalue weighted by molar-refractivity contribution is 6.08. The van der Waals surface area contributed by atoms with Crippen LogP contribution < -0.4 is 15.8 Å². The Labute approximate surface area is 391 Å². The van der Waals surface area contributed by atoms with Crippen molar-refractivity contribution in [3.05, 3.63) is 159 Å². The van der Waals surface area contributed by atoms with Gasteiger partial charge in [-0.25, -0.2) is 4.98 Å². The number of morpholine rings is 1. The minimum absolute atomic E-state index is 0.0612. The molecule has 1 N–H and O–H groups in total. The third-order valence-electron chi connectivity index (χ3n) is 11.6. The highest BCUT2D eigenvalue weighted by Crippen LogP contribution is 2.35. The number of nitrogens with one attached hydrogen (secondary N) is 1. The predicted molar refractivity (Wildman–Crippen MR) is 269 cm³/mol. The van der Waals surface area contributed by atoms with Crippen LogP contribution in [0.4, 0.5) is 17.2 Å². The van der Waals surface area contributed by atoms with Crippen molar-refractivity contribution in [1.82, 2.24) is 29.3 Å². The Kier molecular flexibility index (Phi) is 17.2. The number of aryl methyl sites for hydroxylation is 2. The summed E-state index contributed by atoms with van der Waals surface area (Å²) in [6.45, 7) is 32.3. The van der Waals surface area contributed by atoms with Crippen molar-refractivity contribution in [3.63, 3.8) is 0 Å². The van der Waals surface area contributed by atoms with E-state index in [0.29, 0.717) is 55.5 Å².